The molecular weight excluding hydrogens is 394 g/mol. The van der Waals surface area contributed by atoms with Gasteiger partial charge in [0.25, 0.3) is 5.56 Å². The van der Waals surface area contributed by atoms with E-state index in [0.717, 1.165) is 22.4 Å². The summed E-state index contributed by atoms with van der Waals surface area (Å²) in [6, 6.07) is 16.8. The smallest absolute Gasteiger partial charge is 0.293 e. The summed E-state index contributed by atoms with van der Waals surface area (Å²) in [5.74, 6) is 0.448. The van der Waals surface area contributed by atoms with E-state index in [1.807, 2.05) is 55.5 Å². The van der Waals surface area contributed by atoms with Gasteiger partial charge in [0.2, 0.25) is 5.91 Å². The van der Waals surface area contributed by atoms with E-state index >= 15 is 0 Å². The molecule has 158 valence electrons. The Morgan fingerprint density at radius 2 is 1.81 bits per heavy atom. The maximum Gasteiger partial charge on any atom is 0.293 e. The first-order valence-corrected chi connectivity index (χ1v) is 10.1. The Morgan fingerprint density at radius 3 is 2.48 bits per heavy atom. The van der Waals surface area contributed by atoms with Crippen LogP contribution in [0, 0.1) is 0 Å². The predicted molar refractivity (Wildman–Crippen MR) is 118 cm³/mol. The van der Waals surface area contributed by atoms with Crippen molar-refractivity contribution < 1.29 is 9.53 Å². The molecule has 0 aliphatic carbocycles. The van der Waals surface area contributed by atoms with Crippen LogP contribution in [0.4, 0.5) is 5.69 Å². The lowest BCUT2D eigenvalue weighted by Crippen LogP contribution is -2.30. The normalized spacial score (nSPS) is 10.9. The van der Waals surface area contributed by atoms with Crippen LogP contribution in [0.5, 0.6) is 5.75 Å². The van der Waals surface area contributed by atoms with E-state index in [4.69, 9.17) is 4.74 Å². The molecule has 8 nitrogen and oxygen atoms in total. The fraction of sp³-hybridized carbons (Fsp3) is 0.217. The molecule has 0 spiro atoms. The summed E-state index contributed by atoms with van der Waals surface area (Å²) in [6.45, 7) is 4.40. The Morgan fingerprint density at radius 1 is 1.06 bits per heavy atom. The highest BCUT2D eigenvalue weighted by Gasteiger charge is 2.12. The Kier molecular flexibility index (Phi) is 5.79. The SMILES string of the molecule is CCOc1ccc(-c2cc3c(=O)n(CC(=O)Nc4ccc(CC)cc4)ncn3n2)cc1. The zero-order chi connectivity index (χ0) is 21.8. The van der Waals surface area contributed by atoms with Gasteiger partial charge in [0, 0.05) is 11.3 Å². The van der Waals surface area contributed by atoms with E-state index < -0.39 is 0 Å². The molecule has 4 aromatic rings. The second-order valence-electron chi connectivity index (χ2n) is 7.01. The molecule has 0 saturated carbocycles. The maximum absolute atomic E-state index is 12.8. The molecule has 0 unspecified atom stereocenters. The number of hydrogen-bond donors (Lipinski definition) is 1. The molecule has 0 radical (unpaired) electrons. The van der Waals surface area contributed by atoms with Crippen LogP contribution in [0.25, 0.3) is 16.8 Å². The van der Waals surface area contributed by atoms with Crippen LogP contribution in [-0.2, 0) is 17.8 Å². The minimum atomic E-state index is -0.385. The number of benzene rings is 2. The largest absolute Gasteiger partial charge is 0.494 e. The first-order chi connectivity index (χ1) is 15.1. The summed E-state index contributed by atoms with van der Waals surface area (Å²) in [7, 11) is 0. The summed E-state index contributed by atoms with van der Waals surface area (Å²) < 4.78 is 8.01. The first kappa shape index (κ1) is 20.3. The number of anilines is 1. The van der Waals surface area contributed by atoms with Gasteiger partial charge < -0.3 is 10.1 Å². The van der Waals surface area contributed by atoms with Crippen molar-refractivity contribution in [1.82, 2.24) is 19.4 Å². The minimum absolute atomic E-state index is 0.186. The molecule has 2 aromatic carbocycles. The van der Waals surface area contributed by atoms with Gasteiger partial charge in [0.05, 0.1) is 12.3 Å². The van der Waals surface area contributed by atoms with Crippen LogP contribution in [0.2, 0.25) is 0 Å². The van der Waals surface area contributed by atoms with Gasteiger partial charge in [-0.2, -0.15) is 10.2 Å². The molecule has 2 heterocycles. The van der Waals surface area contributed by atoms with Crippen LogP contribution in [0.3, 0.4) is 0 Å². The third-order valence-corrected chi connectivity index (χ3v) is 4.89. The van der Waals surface area contributed by atoms with E-state index in [1.165, 1.54) is 16.4 Å². The van der Waals surface area contributed by atoms with Crippen molar-refractivity contribution in [2.75, 3.05) is 11.9 Å². The summed E-state index contributed by atoms with van der Waals surface area (Å²) in [6.07, 6.45) is 2.36. The van der Waals surface area contributed by atoms with Gasteiger partial charge in [0.1, 0.15) is 24.1 Å². The average molecular weight is 417 g/mol. The molecule has 0 saturated heterocycles. The summed E-state index contributed by atoms with van der Waals surface area (Å²) in [5, 5.41) is 11.3. The fourth-order valence-corrected chi connectivity index (χ4v) is 3.24. The molecule has 2 aromatic heterocycles. The third kappa shape index (κ3) is 4.48. The van der Waals surface area contributed by atoms with Crippen molar-refractivity contribution in [2.24, 2.45) is 0 Å². The number of carbonyl (C=O) groups is 1. The molecule has 1 N–H and O–H groups in total. The van der Waals surface area contributed by atoms with Gasteiger partial charge in [0.15, 0.2) is 0 Å². The van der Waals surface area contributed by atoms with E-state index in [-0.39, 0.29) is 18.0 Å². The Balaban J connectivity index is 1.53. The molecule has 0 aliphatic heterocycles. The van der Waals surface area contributed by atoms with Crippen molar-refractivity contribution in [3.8, 4) is 17.0 Å². The Bertz CT molecular complexity index is 1260. The van der Waals surface area contributed by atoms with Crippen molar-refractivity contribution in [1.29, 1.82) is 0 Å². The molecule has 4 rings (SSSR count). The Labute approximate surface area is 179 Å². The second-order valence-corrected chi connectivity index (χ2v) is 7.01. The number of aromatic nitrogens is 4. The predicted octanol–water partition coefficient (Wildman–Crippen LogP) is 3.16. The fourth-order valence-electron chi connectivity index (χ4n) is 3.24. The molecule has 31 heavy (non-hydrogen) atoms. The van der Waals surface area contributed by atoms with Crippen molar-refractivity contribution in [2.45, 2.75) is 26.8 Å². The molecular formula is C23H23N5O3. The number of carbonyl (C=O) groups excluding carboxylic acids is 1. The lowest BCUT2D eigenvalue weighted by molar-refractivity contribution is -0.117. The van der Waals surface area contributed by atoms with E-state index in [0.29, 0.717) is 23.5 Å². The van der Waals surface area contributed by atoms with Crippen LogP contribution < -0.4 is 15.6 Å². The monoisotopic (exact) mass is 417 g/mol. The molecule has 0 aliphatic rings. The van der Waals surface area contributed by atoms with E-state index in [9.17, 15) is 9.59 Å². The molecule has 0 bridgehead atoms. The van der Waals surface area contributed by atoms with Gasteiger partial charge in [-0.05, 0) is 61.4 Å². The Hall–Kier alpha value is -3.94. The quantitative estimate of drug-likeness (QED) is 0.499. The van der Waals surface area contributed by atoms with E-state index in [1.54, 1.807) is 6.07 Å². The number of nitrogens with one attached hydrogen (secondary N) is 1. The van der Waals surface area contributed by atoms with Gasteiger partial charge in [-0.25, -0.2) is 9.20 Å². The van der Waals surface area contributed by atoms with Gasteiger partial charge in [-0.15, -0.1) is 0 Å². The second kappa shape index (κ2) is 8.83. The van der Waals surface area contributed by atoms with Crippen LogP contribution >= 0.6 is 0 Å². The lowest BCUT2D eigenvalue weighted by Gasteiger charge is -2.07. The number of hydrogen-bond acceptors (Lipinski definition) is 5. The number of fused-ring (bicyclic) bond motifs is 1. The summed E-state index contributed by atoms with van der Waals surface area (Å²) in [4.78, 5) is 25.2. The van der Waals surface area contributed by atoms with Crippen molar-refractivity contribution >= 4 is 17.1 Å². The standard InChI is InChI=1S/C23H23N5O3/c1-3-16-5-9-18(10-6-16)25-22(29)14-27-23(30)21-13-20(26-28(21)15-24-27)17-7-11-19(12-8-17)31-4-2/h5-13,15H,3-4,14H2,1-2H3,(H,25,29). The molecule has 0 fully saturated rings. The van der Waals surface area contributed by atoms with Gasteiger partial charge in [-0.1, -0.05) is 19.1 Å². The van der Waals surface area contributed by atoms with Crippen molar-refractivity contribution in [3.63, 3.8) is 0 Å². The number of ether oxygens (including phenoxy) is 1. The highest BCUT2D eigenvalue weighted by atomic mass is 16.5. The van der Waals surface area contributed by atoms with E-state index in [2.05, 4.69) is 22.4 Å². The highest BCUT2D eigenvalue weighted by Crippen LogP contribution is 2.21. The summed E-state index contributed by atoms with van der Waals surface area (Å²) >= 11 is 0. The maximum atomic E-state index is 12.8. The zero-order valence-corrected chi connectivity index (χ0v) is 17.4. The minimum Gasteiger partial charge on any atom is -0.494 e. The van der Waals surface area contributed by atoms with Gasteiger partial charge >= 0.3 is 0 Å². The number of aryl methyl sites for hydroxylation is 1. The topological polar surface area (TPSA) is 90.5 Å². The van der Waals surface area contributed by atoms with Crippen LogP contribution in [0.1, 0.15) is 19.4 Å². The van der Waals surface area contributed by atoms with Crippen molar-refractivity contribution in [3.05, 3.63) is 76.8 Å². The van der Waals surface area contributed by atoms with Crippen LogP contribution in [0.15, 0.2) is 65.7 Å². The summed E-state index contributed by atoms with van der Waals surface area (Å²) in [5.41, 5.74) is 3.32. The third-order valence-electron chi connectivity index (χ3n) is 4.89. The first-order valence-electron chi connectivity index (χ1n) is 10.1. The molecule has 8 heteroatoms. The number of nitrogens with zero attached hydrogens (tertiary/aromatic N) is 4. The zero-order valence-electron chi connectivity index (χ0n) is 17.4. The number of rotatable bonds is 7. The van der Waals surface area contributed by atoms with Gasteiger partial charge in [-0.3, -0.25) is 9.59 Å². The lowest BCUT2D eigenvalue weighted by atomic mass is 10.1. The molecule has 1 amide bonds. The average Bonchev–Trinajstić information content (AvgIpc) is 3.22. The highest BCUT2D eigenvalue weighted by molar-refractivity contribution is 5.90. The van der Waals surface area contributed by atoms with Crippen LogP contribution in [-0.4, -0.2) is 31.9 Å². The molecule has 0 atom stereocenters. The number of amides is 1.